The fraction of sp³-hybridized carbons (Fsp3) is 0.333. The summed E-state index contributed by atoms with van der Waals surface area (Å²) in [6.45, 7) is 0. The average Bonchev–Trinajstić information content (AvgIpc) is 3.02. The van der Waals surface area contributed by atoms with Gasteiger partial charge in [-0.1, -0.05) is 0 Å². The maximum Gasteiger partial charge on any atom is 0.429 e. The molecule has 0 saturated carbocycles. The predicted molar refractivity (Wildman–Crippen MR) is 68.3 cm³/mol. The van der Waals surface area contributed by atoms with E-state index in [1.54, 1.807) is 0 Å². The number of rotatable bonds is 4. The highest BCUT2D eigenvalue weighted by Crippen LogP contribution is 2.36. The van der Waals surface area contributed by atoms with Crippen LogP contribution in [0, 0.1) is 0 Å². The summed E-state index contributed by atoms with van der Waals surface area (Å²) in [7, 11) is 2.87. The maximum atomic E-state index is 13.0. The number of ether oxygens (including phenoxy) is 2. The molecule has 0 saturated heterocycles. The molecule has 0 spiro atoms. The first-order valence-corrected chi connectivity index (χ1v) is 6.58. The Labute approximate surface area is 121 Å². The van der Waals surface area contributed by atoms with Crippen LogP contribution < -0.4 is 4.74 Å². The quantitative estimate of drug-likeness (QED) is 0.813. The Hall–Kier alpha value is -2.03. The lowest BCUT2D eigenvalue weighted by Crippen LogP contribution is -2.25. The molecular weight excluding hydrogens is 309 g/mol. The Morgan fingerprint density at radius 3 is 2.67 bits per heavy atom. The van der Waals surface area contributed by atoms with Crippen LogP contribution in [0.25, 0.3) is 0 Å². The number of carbonyl (C=O) groups is 1. The van der Waals surface area contributed by atoms with Crippen molar-refractivity contribution in [2.24, 2.45) is 7.05 Å². The number of halogens is 3. The minimum absolute atomic E-state index is 0.0324. The zero-order valence-corrected chi connectivity index (χ0v) is 11.9. The second-order valence-electron chi connectivity index (χ2n) is 4.13. The number of thiophene rings is 1. The van der Waals surface area contributed by atoms with Gasteiger partial charge in [0.05, 0.1) is 13.3 Å². The molecule has 2 aromatic heterocycles. The highest BCUT2D eigenvalue weighted by atomic mass is 32.1. The van der Waals surface area contributed by atoms with Gasteiger partial charge in [-0.15, -0.1) is 11.3 Å². The van der Waals surface area contributed by atoms with Crippen molar-refractivity contribution in [1.82, 2.24) is 9.78 Å². The molecule has 0 fully saturated rings. The maximum absolute atomic E-state index is 13.0. The molecular formula is C12H11F3N2O3S. The summed E-state index contributed by atoms with van der Waals surface area (Å²) in [5, 5.41) is 5.16. The predicted octanol–water partition coefficient (Wildman–Crippen LogP) is 2.95. The summed E-state index contributed by atoms with van der Waals surface area (Å²) in [6, 6.07) is 1.32. The highest BCUT2D eigenvalue weighted by Gasteiger charge is 2.45. The van der Waals surface area contributed by atoms with Crippen LogP contribution in [0.15, 0.2) is 23.8 Å². The zero-order valence-electron chi connectivity index (χ0n) is 11.0. The van der Waals surface area contributed by atoms with Gasteiger partial charge in [-0.2, -0.15) is 18.3 Å². The van der Waals surface area contributed by atoms with Crippen molar-refractivity contribution in [1.29, 1.82) is 0 Å². The topological polar surface area (TPSA) is 53.4 Å². The molecule has 0 amide bonds. The largest absolute Gasteiger partial charge is 0.496 e. The zero-order chi connectivity index (χ0) is 15.6. The van der Waals surface area contributed by atoms with E-state index in [-0.39, 0.29) is 10.4 Å². The molecule has 5 nitrogen and oxygen atoms in total. The SMILES string of the molecule is COc1csc(C(=O)O[C@@H](c2cnn(C)c2)C(F)(F)F)c1. The van der Waals surface area contributed by atoms with Gasteiger partial charge in [0.2, 0.25) is 6.10 Å². The van der Waals surface area contributed by atoms with Crippen molar-refractivity contribution in [3.8, 4) is 5.75 Å². The fourth-order valence-electron chi connectivity index (χ4n) is 1.60. The van der Waals surface area contributed by atoms with Crippen LogP contribution in [0.2, 0.25) is 0 Å². The van der Waals surface area contributed by atoms with Crippen molar-refractivity contribution >= 4 is 17.3 Å². The molecule has 0 unspecified atom stereocenters. The number of carbonyl (C=O) groups excluding carboxylic acids is 1. The fourth-order valence-corrected chi connectivity index (χ4v) is 2.33. The second kappa shape index (κ2) is 5.76. The number of methoxy groups -OCH3 is 1. The van der Waals surface area contributed by atoms with Gasteiger partial charge in [0.25, 0.3) is 0 Å². The van der Waals surface area contributed by atoms with Gasteiger partial charge in [-0.05, 0) is 0 Å². The molecule has 114 valence electrons. The molecule has 2 aromatic rings. The monoisotopic (exact) mass is 320 g/mol. The van der Waals surface area contributed by atoms with Crippen molar-refractivity contribution in [3.63, 3.8) is 0 Å². The highest BCUT2D eigenvalue weighted by molar-refractivity contribution is 7.12. The average molecular weight is 320 g/mol. The molecule has 1 atom stereocenters. The Balaban J connectivity index is 2.21. The third kappa shape index (κ3) is 3.54. The Morgan fingerprint density at radius 2 is 2.19 bits per heavy atom. The van der Waals surface area contributed by atoms with Crippen LogP contribution in [0.4, 0.5) is 13.2 Å². The number of hydrogen-bond acceptors (Lipinski definition) is 5. The van der Waals surface area contributed by atoms with E-state index in [2.05, 4.69) is 9.84 Å². The van der Waals surface area contributed by atoms with Crippen molar-refractivity contribution in [3.05, 3.63) is 34.3 Å². The minimum Gasteiger partial charge on any atom is -0.496 e. The first-order valence-electron chi connectivity index (χ1n) is 5.70. The van der Waals surface area contributed by atoms with E-state index in [1.165, 1.54) is 30.3 Å². The summed E-state index contributed by atoms with van der Waals surface area (Å²) in [6.07, 6.45) is -4.91. The van der Waals surface area contributed by atoms with Gasteiger partial charge in [0.1, 0.15) is 10.6 Å². The molecule has 21 heavy (non-hydrogen) atoms. The van der Waals surface area contributed by atoms with E-state index in [4.69, 9.17) is 4.74 Å². The van der Waals surface area contributed by atoms with Crippen LogP contribution in [-0.2, 0) is 11.8 Å². The standard InChI is InChI=1S/C12H11F3N2O3S/c1-17-5-7(4-16-17)10(12(13,14)15)20-11(18)9-3-8(19-2)6-21-9/h3-6,10H,1-2H3/t10-/m0/s1. The smallest absolute Gasteiger partial charge is 0.429 e. The molecule has 9 heteroatoms. The van der Waals surface area contributed by atoms with Crippen molar-refractivity contribution < 1.29 is 27.4 Å². The molecule has 0 aliphatic carbocycles. The van der Waals surface area contributed by atoms with Gasteiger partial charge in [-0.25, -0.2) is 4.79 Å². The van der Waals surface area contributed by atoms with E-state index in [1.807, 2.05) is 0 Å². The summed E-state index contributed by atoms with van der Waals surface area (Å²) < 4.78 is 49.8. The van der Waals surface area contributed by atoms with Gasteiger partial charge >= 0.3 is 12.1 Å². The second-order valence-corrected chi connectivity index (χ2v) is 5.04. The van der Waals surface area contributed by atoms with Gasteiger partial charge in [0, 0.05) is 30.3 Å². The van der Waals surface area contributed by atoms with Gasteiger partial charge in [0.15, 0.2) is 0 Å². The summed E-state index contributed by atoms with van der Waals surface area (Å²) in [5.74, 6) is -0.675. The van der Waals surface area contributed by atoms with Crippen LogP contribution in [-0.4, -0.2) is 29.0 Å². The summed E-state index contributed by atoms with van der Waals surface area (Å²) in [4.78, 5) is 11.8. The van der Waals surface area contributed by atoms with Crippen LogP contribution in [0.3, 0.4) is 0 Å². The van der Waals surface area contributed by atoms with Crippen LogP contribution in [0.5, 0.6) is 5.75 Å². The van der Waals surface area contributed by atoms with E-state index < -0.39 is 18.2 Å². The van der Waals surface area contributed by atoms with Gasteiger partial charge in [-0.3, -0.25) is 4.68 Å². The number of nitrogens with zero attached hydrogens (tertiary/aromatic N) is 2. The lowest BCUT2D eigenvalue weighted by molar-refractivity contribution is -0.207. The van der Waals surface area contributed by atoms with E-state index >= 15 is 0 Å². The number of alkyl halides is 3. The van der Waals surface area contributed by atoms with Crippen LogP contribution >= 0.6 is 11.3 Å². The Morgan fingerprint density at radius 1 is 1.48 bits per heavy atom. The lowest BCUT2D eigenvalue weighted by Gasteiger charge is -2.19. The van der Waals surface area contributed by atoms with E-state index in [0.29, 0.717) is 5.75 Å². The number of aryl methyl sites for hydroxylation is 1. The first-order chi connectivity index (χ1) is 9.81. The summed E-state index contributed by atoms with van der Waals surface area (Å²) in [5.41, 5.74) is -0.234. The number of aromatic nitrogens is 2. The molecule has 0 aliphatic heterocycles. The van der Waals surface area contributed by atoms with Crippen molar-refractivity contribution in [2.75, 3.05) is 7.11 Å². The normalized spacial score (nSPS) is 13.0. The Kier molecular flexibility index (Phi) is 4.21. The molecule has 0 aromatic carbocycles. The van der Waals surface area contributed by atoms with E-state index in [0.717, 1.165) is 23.7 Å². The molecule has 0 aliphatic rings. The molecule has 2 rings (SSSR count). The molecule has 0 N–H and O–H groups in total. The molecule has 0 bridgehead atoms. The third-order valence-corrected chi connectivity index (χ3v) is 3.45. The first kappa shape index (κ1) is 15.4. The third-order valence-electron chi connectivity index (χ3n) is 2.56. The number of esters is 1. The van der Waals surface area contributed by atoms with Crippen LogP contribution in [0.1, 0.15) is 21.3 Å². The van der Waals surface area contributed by atoms with E-state index in [9.17, 15) is 18.0 Å². The summed E-state index contributed by atoms with van der Waals surface area (Å²) >= 11 is 0.948. The van der Waals surface area contributed by atoms with Crippen molar-refractivity contribution in [2.45, 2.75) is 12.3 Å². The molecule has 0 radical (unpaired) electrons. The minimum atomic E-state index is -4.72. The lowest BCUT2D eigenvalue weighted by atomic mass is 10.2. The number of hydrogen-bond donors (Lipinski definition) is 0. The van der Waals surface area contributed by atoms with Gasteiger partial charge < -0.3 is 9.47 Å². The Bertz CT molecular complexity index is 636. The molecule has 2 heterocycles.